The van der Waals surface area contributed by atoms with Crippen molar-refractivity contribution >= 4 is 5.97 Å². The van der Waals surface area contributed by atoms with Gasteiger partial charge in [0.25, 0.3) is 0 Å². The van der Waals surface area contributed by atoms with Gasteiger partial charge in [-0.2, -0.15) is 0 Å². The first kappa shape index (κ1) is 10.8. The average Bonchev–Trinajstić information content (AvgIpc) is 2.68. The summed E-state index contributed by atoms with van der Waals surface area (Å²) in [6.07, 6.45) is 1.11. The van der Waals surface area contributed by atoms with E-state index in [2.05, 4.69) is 4.74 Å². The number of methoxy groups -OCH3 is 1. The zero-order valence-electron chi connectivity index (χ0n) is 9.10. The van der Waals surface area contributed by atoms with E-state index in [1.54, 1.807) is 12.1 Å². The molecule has 1 atom stereocenters. The fraction of sp³-hybridized carbons (Fsp3) is 0.417. The lowest BCUT2D eigenvalue weighted by atomic mass is 9.96. The highest BCUT2D eigenvalue weighted by atomic mass is 16.5. The zero-order valence-corrected chi connectivity index (χ0v) is 9.10. The van der Waals surface area contributed by atoms with E-state index in [0.717, 1.165) is 11.3 Å². The number of esters is 1. The van der Waals surface area contributed by atoms with Crippen molar-refractivity contribution in [1.82, 2.24) is 0 Å². The first-order chi connectivity index (χ1) is 7.70. The lowest BCUT2D eigenvalue weighted by Gasteiger charge is -2.07. The van der Waals surface area contributed by atoms with Crippen LogP contribution in [0.1, 0.15) is 24.3 Å². The fourth-order valence-electron chi connectivity index (χ4n) is 1.90. The van der Waals surface area contributed by atoms with Gasteiger partial charge in [0.1, 0.15) is 11.5 Å². The third kappa shape index (κ3) is 2.10. The minimum Gasteiger partial charge on any atom is -0.508 e. The van der Waals surface area contributed by atoms with E-state index in [9.17, 15) is 9.90 Å². The van der Waals surface area contributed by atoms with Crippen LogP contribution in [-0.2, 0) is 9.53 Å². The van der Waals surface area contributed by atoms with Crippen molar-refractivity contribution in [2.45, 2.75) is 18.8 Å². The molecule has 86 valence electrons. The van der Waals surface area contributed by atoms with Crippen molar-refractivity contribution < 1.29 is 19.4 Å². The summed E-state index contributed by atoms with van der Waals surface area (Å²) in [5, 5.41) is 9.28. The molecule has 0 fully saturated rings. The molecule has 0 spiro atoms. The van der Waals surface area contributed by atoms with Crippen LogP contribution < -0.4 is 4.74 Å². The summed E-state index contributed by atoms with van der Waals surface area (Å²) in [4.78, 5) is 11.0. The summed E-state index contributed by atoms with van der Waals surface area (Å²) < 4.78 is 10.0. The van der Waals surface area contributed by atoms with Gasteiger partial charge in [0.05, 0.1) is 13.7 Å². The molecule has 1 unspecified atom stereocenters. The first-order valence-corrected chi connectivity index (χ1v) is 5.23. The van der Waals surface area contributed by atoms with Crippen LogP contribution in [0.15, 0.2) is 18.2 Å². The highest BCUT2D eigenvalue weighted by Crippen LogP contribution is 2.38. The predicted octanol–water partition coefficient (Wildman–Crippen LogP) is 1.82. The van der Waals surface area contributed by atoms with E-state index in [0.29, 0.717) is 19.4 Å². The normalized spacial score (nSPS) is 17.7. The van der Waals surface area contributed by atoms with E-state index in [1.165, 1.54) is 7.11 Å². The van der Waals surface area contributed by atoms with Crippen LogP contribution in [0.4, 0.5) is 0 Å². The van der Waals surface area contributed by atoms with E-state index < -0.39 is 0 Å². The maximum atomic E-state index is 11.0. The zero-order chi connectivity index (χ0) is 11.5. The molecular formula is C12H14O4. The predicted molar refractivity (Wildman–Crippen MR) is 57.6 cm³/mol. The van der Waals surface area contributed by atoms with Crippen LogP contribution in [0.3, 0.4) is 0 Å². The molecule has 1 heterocycles. The Morgan fingerprint density at radius 3 is 3.19 bits per heavy atom. The Hall–Kier alpha value is -1.71. The lowest BCUT2D eigenvalue weighted by Crippen LogP contribution is -2.06. The molecule has 2 rings (SSSR count). The van der Waals surface area contributed by atoms with Gasteiger partial charge in [0, 0.05) is 24.0 Å². The number of benzene rings is 1. The van der Waals surface area contributed by atoms with Crippen LogP contribution in [0.25, 0.3) is 0 Å². The van der Waals surface area contributed by atoms with Gasteiger partial charge < -0.3 is 14.6 Å². The number of fused-ring (bicyclic) bond motifs is 1. The highest BCUT2D eigenvalue weighted by molar-refractivity contribution is 5.69. The number of phenolic OH excluding ortho intramolecular Hbond substituents is 1. The smallest absolute Gasteiger partial charge is 0.305 e. The van der Waals surface area contributed by atoms with Crippen molar-refractivity contribution in [2.75, 3.05) is 13.7 Å². The van der Waals surface area contributed by atoms with Crippen molar-refractivity contribution in [2.24, 2.45) is 0 Å². The Kier molecular flexibility index (Phi) is 2.99. The molecule has 1 N–H and O–H groups in total. The van der Waals surface area contributed by atoms with Gasteiger partial charge in [-0.15, -0.1) is 0 Å². The van der Waals surface area contributed by atoms with Crippen LogP contribution in [-0.4, -0.2) is 24.8 Å². The summed E-state index contributed by atoms with van der Waals surface area (Å²) in [7, 11) is 1.39. The van der Waals surface area contributed by atoms with Crippen LogP contribution >= 0.6 is 0 Å². The molecule has 0 aliphatic carbocycles. The maximum Gasteiger partial charge on any atom is 0.305 e. The fourth-order valence-corrected chi connectivity index (χ4v) is 1.90. The van der Waals surface area contributed by atoms with Crippen LogP contribution in [0.2, 0.25) is 0 Å². The number of hydrogen-bond donors (Lipinski definition) is 1. The van der Waals surface area contributed by atoms with Crippen LogP contribution in [0.5, 0.6) is 11.5 Å². The number of carbonyl (C=O) groups excluding carboxylic acids is 1. The molecule has 1 aromatic carbocycles. The van der Waals surface area contributed by atoms with Crippen molar-refractivity contribution in [3.05, 3.63) is 23.8 Å². The summed E-state index contributed by atoms with van der Waals surface area (Å²) in [6, 6.07) is 5.09. The molecule has 16 heavy (non-hydrogen) atoms. The van der Waals surface area contributed by atoms with Gasteiger partial charge in [-0.3, -0.25) is 4.79 Å². The minimum atomic E-state index is -0.202. The molecule has 0 radical (unpaired) electrons. The second kappa shape index (κ2) is 4.43. The van der Waals surface area contributed by atoms with E-state index in [4.69, 9.17) is 4.74 Å². The Morgan fingerprint density at radius 1 is 1.62 bits per heavy atom. The number of carbonyl (C=O) groups is 1. The van der Waals surface area contributed by atoms with Gasteiger partial charge in [-0.25, -0.2) is 0 Å². The first-order valence-electron chi connectivity index (χ1n) is 5.23. The molecule has 0 saturated carbocycles. The van der Waals surface area contributed by atoms with Gasteiger partial charge in [-0.1, -0.05) is 6.07 Å². The molecule has 4 heteroatoms. The van der Waals surface area contributed by atoms with Gasteiger partial charge in [0.2, 0.25) is 0 Å². The lowest BCUT2D eigenvalue weighted by molar-refractivity contribution is -0.140. The quantitative estimate of drug-likeness (QED) is 0.792. The Labute approximate surface area is 93.8 Å². The monoisotopic (exact) mass is 222 g/mol. The molecule has 4 nitrogen and oxygen atoms in total. The van der Waals surface area contributed by atoms with Crippen molar-refractivity contribution in [1.29, 1.82) is 0 Å². The Morgan fingerprint density at radius 2 is 2.44 bits per heavy atom. The Bertz CT molecular complexity index is 400. The maximum absolute atomic E-state index is 11.0. The summed E-state index contributed by atoms with van der Waals surface area (Å²) in [5.41, 5.74) is 1.06. The molecule has 1 aliphatic rings. The van der Waals surface area contributed by atoms with E-state index >= 15 is 0 Å². The third-order valence-corrected chi connectivity index (χ3v) is 2.80. The van der Waals surface area contributed by atoms with Gasteiger partial charge >= 0.3 is 5.97 Å². The second-order valence-electron chi connectivity index (χ2n) is 3.84. The van der Waals surface area contributed by atoms with Gasteiger partial charge in [-0.05, 0) is 12.5 Å². The molecule has 0 bridgehead atoms. The third-order valence-electron chi connectivity index (χ3n) is 2.80. The van der Waals surface area contributed by atoms with Gasteiger partial charge in [0.15, 0.2) is 0 Å². The average molecular weight is 222 g/mol. The highest BCUT2D eigenvalue weighted by Gasteiger charge is 2.24. The van der Waals surface area contributed by atoms with Crippen molar-refractivity contribution in [3.8, 4) is 11.5 Å². The number of hydrogen-bond acceptors (Lipinski definition) is 4. The molecule has 0 aromatic heterocycles. The van der Waals surface area contributed by atoms with Crippen LogP contribution in [0, 0.1) is 0 Å². The molecule has 0 amide bonds. The number of phenols is 1. The summed E-state index contributed by atoms with van der Waals surface area (Å²) >= 11 is 0. The largest absolute Gasteiger partial charge is 0.508 e. The van der Waals surface area contributed by atoms with E-state index in [-0.39, 0.29) is 17.6 Å². The summed E-state index contributed by atoms with van der Waals surface area (Å²) in [5.74, 6) is 0.934. The second-order valence-corrected chi connectivity index (χ2v) is 3.84. The summed E-state index contributed by atoms with van der Waals surface area (Å²) in [6.45, 7) is 0.565. The topological polar surface area (TPSA) is 55.8 Å². The molecule has 1 aliphatic heterocycles. The molecular weight excluding hydrogens is 208 g/mol. The molecule has 0 saturated heterocycles. The molecule has 1 aromatic rings. The minimum absolute atomic E-state index is 0.201. The van der Waals surface area contributed by atoms with Crippen molar-refractivity contribution in [3.63, 3.8) is 0 Å². The number of ether oxygens (including phenoxy) is 2. The van der Waals surface area contributed by atoms with E-state index in [1.807, 2.05) is 6.07 Å². The Balaban J connectivity index is 2.03. The number of aromatic hydroxyl groups is 1. The SMILES string of the molecule is COC(=O)CCC1COc2cc(O)ccc21. The standard InChI is InChI=1S/C12H14O4/c1-15-12(14)5-2-8-7-16-11-6-9(13)3-4-10(8)11/h3-4,6,8,13H,2,5,7H2,1H3. The number of rotatable bonds is 3.